The molecule has 1 saturated carbocycles. The fourth-order valence-corrected chi connectivity index (χ4v) is 2.36. The minimum absolute atomic E-state index is 0.576. The molecule has 1 aromatic heterocycles. The zero-order chi connectivity index (χ0) is 11.2. The van der Waals surface area contributed by atoms with Crippen LogP contribution in [0.5, 0.6) is 0 Å². The highest BCUT2D eigenvalue weighted by Crippen LogP contribution is 2.22. The number of anilines is 2. The normalized spacial score (nSPS) is 18.8. The number of nitrogens with two attached hydrogens (primary N) is 1. The zero-order valence-electron chi connectivity index (χ0n) is 9.78. The molecule has 88 valence electrons. The van der Waals surface area contributed by atoms with Crippen molar-refractivity contribution in [1.29, 1.82) is 0 Å². The number of pyridine rings is 1. The van der Waals surface area contributed by atoms with Crippen molar-refractivity contribution in [1.82, 2.24) is 4.98 Å². The summed E-state index contributed by atoms with van der Waals surface area (Å²) in [5.74, 6) is 0.615. The molecule has 3 heteroatoms. The summed E-state index contributed by atoms with van der Waals surface area (Å²) >= 11 is 0. The van der Waals surface area contributed by atoms with Crippen molar-refractivity contribution in [2.45, 2.75) is 51.0 Å². The lowest BCUT2D eigenvalue weighted by Gasteiger charge is -2.22. The van der Waals surface area contributed by atoms with E-state index < -0.39 is 0 Å². The molecule has 0 amide bonds. The highest BCUT2D eigenvalue weighted by molar-refractivity contribution is 5.61. The molecule has 16 heavy (non-hydrogen) atoms. The SMILES string of the molecule is Nc1ncccc1NC1CCCCCCC1. The second-order valence-corrected chi connectivity index (χ2v) is 4.62. The van der Waals surface area contributed by atoms with Crippen LogP contribution in [0.3, 0.4) is 0 Å². The third kappa shape index (κ3) is 3.12. The molecule has 3 nitrogen and oxygen atoms in total. The molecule has 0 bridgehead atoms. The minimum Gasteiger partial charge on any atom is -0.382 e. The Morgan fingerprint density at radius 3 is 2.50 bits per heavy atom. The van der Waals surface area contributed by atoms with Gasteiger partial charge in [0.2, 0.25) is 0 Å². The number of nitrogens with one attached hydrogen (secondary N) is 1. The van der Waals surface area contributed by atoms with Gasteiger partial charge in [-0.15, -0.1) is 0 Å². The maximum atomic E-state index is 5.83. The molecular formula is C13H21N3. The minimum atomic E-state index is 0.576. The standard InChI is InChI=1S/C13H21N3/c14-13-12(9-6-10-15-13)16-11-7-4-2-1-3-5-8-11/h6,9-11,16H,1-5,7-8H2,(H2,14,15). The molecule has 3 N–H and O–H groups in total. The van der Waals surface area contributed by atoms with Gasteiger partial charge in [0.1, 0.15) is 5.82 Å². The van der Waals surface area contributed by atoms with Crippen molar-refractivity contribution in [3.8, 4) is 0 Å². The lowest BCUT2D eigenvalue weighted by Crippen LogP contribution is -2.21. The number of nitrogens with zero attached hydrogens (tertiary/aromatic N) is 1. The first kappa shape index (κ1) is 11.2. The Morgan fingerprint density at radius 2 is 1.81 bits per heavy atom. The third-order valence-electron chi connectivity index (χ3n) is 3.30. The predicted octanol–water partition coefficient (Wildman–Crippen LogP) is 3.19. The molecule has 0 aliphatic heterocycles. The molecular weight excluding hydrogens is 198 g/mol. The quantitative estimate of drug-likeness (QED) is 0.803. The molecule has 2 rings (SSSR count). The van der Waals surface area contributed by atoms with Crippen LogP contribution in [0.4, 0.5) is 11.5 Å². The lowest BCUT2D eigenvalue weighted by atomic mass is 9.96. The molecule has 0 spiro atoms. The number of rotatable bonds is 2. The van der Waals surface area contributed by atoms with Gasteiger partial charge in [-0.3, -0.25) is 0 Å². The van der Waals surface area contributed by atoms with Crippen LogP contribution in [0.15, 0.2) is 18.3 Å². The van der Waals surface area contributed by atoms with Crippen LogP contribution in [0.2, 0.25) is 0 Å². The highest BCUT2D eigenvalue weighted by Gasteiger charge is 2.12. The second kappa shape index (κ2) is 5.73. The van der Waals surface area contributed by atoms with Crippen molar-refractivity contribution in [3.05, 3.63) is 18.3 Å². The fourth-order valence-electron chi connectivity index (χ4n) is 2.36. The van der Waals surface area contributed by atoms with Gasteiger partial charge in [0, 0.05) is 12.2 Å². The Labute approximate surface area is 97.5 Å². The maximum absolute atomic E-state index is 5.83. The molecule has 1 aliphatic carbocycles. The summed E-state index contributed by atoms with van der Waals surface area (Å²) in [6, 6.07) is 4.52. The van der Waals surface area contributed by atoms with E-state index in [0.717, 1.165) is 5.69 Å². The van der Waals surface area contributed by atoms with Crippen LogP contribution in [0.25, 0.3) is 0 Å². The van der Waals surface area contributed by atoms with Gasteiger partial charge >= 0.3 is 0 Å². The van der Waals surface area contributed by atoms with Crippen molar-refractivity contribution >= 4 is 11.5 Å². The van der Waals surface area contributed by atoms with Gasteiger partial charge < -0.3 is 11.1 Å². The van der Waals surface area contributed by atoms with Crippen LogP contribution >= 0.6 is 0 Å². The maximum Gasteiger partial charge on any atom is 0.146 e. The summed E-state index contributed by atoms with van der Waals surface area (Å²) in [4.78, 5) is 4.10. The smallest absolute Gasteiger partial charge is 0.146 e. The molecule has 0 saturated heterocycles. The van der Waals surface area contributed by atoms with Gasteiger partial charge in [0.25, 0.3) is 0 Å². The molecule has 1 aromatic rings. The summed E-state index contributed by atoms with van der Waals surface area (Å²) < 4.78 is 0. The molecule has 0 atom stereocenters. The summed E-state index contributed by atoms with van der Waals surface area (Å²) in [6.07, 6.45) is 11.1. The topological polar surface area (TPSA) is 50.9 Å². The number of nitrogen functional groups attached to an aromatic ring is 1. The van der Waals surface area contributed by atoms with Gasteiger partial charge in [0.05, 0.1) is 5.69 Å². The van der Waals surface area contributed by atoms with Gasteiger partial charge in [-0.25, -0.2) is 4.98 Å². The van der Waals surface area contributed by atoms with E-state index in [2.05, 4.69) is 10.3 Å². The van der Waals surface area contributed by atoms with Crippen LogP contribution < -0.4 is 11.1 Å². The van der Waals surface area contributed by atoms with E-state index in [-0.39, 0.29) is 0 Å². The summed E-state index contributed by atoms with van der Waals surface area (Å²) in [6.45, 7) is 0. The summed E-state index contributed by atoms with van der Waals surface area (Å²) in [7, 11) is 0. The van der Waals surface area contributed by atoms with Gasteiger partial charge in [-0.05, 0) is 25.0 Å². The average molecular weight is 219 g/mol. The van der Waals surface area contributed by atoms with Crippen LogP contribution in [-0.2, 0) is 0 Å². The van der Waals surface area contributed by atoms with E-state index in [1.165, 1.54) is 44.9 Å². The average Bonchev–Trinajstić information content (AvgIpc) is 2.24. The van der Waals surface area contributed by atoms with Crippen LogP contribution in [0, 0.1) is 0 Å². The molecule has 1 fully saturated rings. The van der Waals surface area contributed by atoms with Crippen molar-refractivity contribution in [2.24, 2.45) is 0 Å². The first-order valence-electron chi connectivity index (χ1n) is 6.33. The van der Waals surface area contributed by atoms with Gasteiger partial charge in [-0.2, -0.15) is 0 Å². The monoisotopic (exact) mass is 219 g/mol. The van der Waals surface area contributed by atoms with E-state index >= 15 is 0 Å². The Hall–Kier alpha value is -1.25. The lowest BCUT2D eigenvalue weighted by molar-refractivity contribution is 0.471. The van der Waals surface area contributed by atoms with Crippen LogP contribution in [-0.4, -0.2) is 11.0 Å². The molecule has 0 radical (unpaired) electrons. The fraction of sp³-hybridized carbons (Fsp3) is 0.615. The number of aromatic nitrogens is 1. The number of hydrogen-bond donors (Lipinski definition) is 2. The van der Waals surface area contributed by atoms with Crippen molar-refractivity contribution in [3.63, 3.8) is 0 Å². The second-order valence-electron chi connectivity index (χ2n) is 4.62. The first-order chi connectivity index (χ1) is 7.86. The van der Waals surface area contributed by atoms with Crippen LogP contribution in [0.1, 0.15) is 44.9 Å². The van der Waals surface area contributed by atoms with Gasteiger partial charge in [-0.1, -0.05) is 32.1 Å². The Morgan fingerprint density at radius 1 is 1.12 bits per heavy atom. The van der Waals surface area contributed by atoms with E-state index in [1.54, 1.807) is 6.20 Å². The van der Waals surface area contributed by atoms with E-state index in [0.29, 0.717) is 11.9 Å². The first-order valence-corrected chi connectivity index (χ1v) is 6.33. The molecule has 0 aromatic carbocycles. The predicted molar refractivity (Wildman–Crippen MR) is 68.4 cm³/mol. The molecule has 1 aliphatic rings. The molecule has 1 heterocycles. The Bertz CT molecular complexity index is 317. The van der Waals surface area contributed by atoms with E-state index in [1.807, 2.05) is 12.1 Å². The highest BCUT2D eigenvalue weighted by atomic mass is 15.0. The number of hydrogen-bond acceptors (Lipinski definition) is 3. The van der Waals surface area contributed by atoms with Crippen molar-refractivity contribution < 1.29 is 0 Å². The Kier molecular flexibility index (Phi) is 4.03. The van der Waals surface area contributed by atoms with Crippen molar-refractivity contribution in [2.75, 3.05) is 11.1 Å². The van der Waals surface area contributed by atoms with Gasteiger partial charge in [0.15, 0.2) is 0 Å². The zero-order valence-corrected chi connectivity index (χ0v) is 9.78. The largest absolute Gasteiger partial charge is 0.382 e. The summed E-state index contributed by atoms with van der Waals surface area (Å²) in [5.41, 5.74) is 6.83. The van der Waals surface area contributed by atoms with E-state index in [9.17, 15) is 0 Å². The third-order valence-corrected chi connectivity index (χ3v) is 3.30. The Balaban J connectivity index is 1.94. The summed E-state index contributed by atoms with van der Waals surface area (Å²) in [5, 5.41) is 3.53. The van der Waals surface area contributed by atoms with E-state index in [4.69, 9.17) is 5.73 Å². The molecule has 0 unspecified atom stereocenters.